The molecule has 1 atom stereocenters. The first-order valence-electron chi connectivity index (χ1n) is 6.69. The highest BCUT2D eigenvalue weighted by Crippen LogP contribution is 2.24. The van der Waals surface area contributed by atoms with Gasteiger partial charge in [0, 0.05) is 24.8 Å². The maximum atomic E-state index is 10.7. The van der Waals surface area contributed by atoms with Crippen LogP contribution in [0.5, 0.6) is 0 Å². The van der Waals surface area contributed by atoms with Gasteiger partial charge in [0.25, 0.3) is 0 Å². The lowest BCUT2D eigenvalue weighted by Crippen LogP contribution is -2.24. The molecular formula is C15H21N3O2. The number of carboxylic acids is 1. The van der Waals surface area contributed by atoms with Crippen LogP contribution in [0.4, 0.5) is 5.69 Å². The molecule has 5 nitrogen and oxygen atoms in total. The minimum atomic E-state index is -0.898. The van der Waals surface area contributed by atoms with Crippen molar-refractivity contribution in [1.82, 2.24) is 0 Å². The minimum Gasteiger partial charge on any atom is -0.481 e. The molecule has 0 radical (unpaired) electrons. The van der Waals surface area contributed by atoms with Crippen LogP contribution in [-0.4, -0.2) is 24.2 Å². The summed E-state index contributed by atoms with van der Waals surface area (Å²) in [6, 6.07) is 7.47. The van der Waals surface area contributed by atoms with E-state index in [2.05, 4.69) is 11.0 Å². The summed E-state index contributed by atoms with van der Waals surface area (Å²) in [5.41, 5.74) is 8.76. The van der Waals surface area contributed by atoms with E-state index in [4.69, 9.17) is 16.1 Å². The summed E-state index contributed by atoms with van der Waals surface area (Å²) < 4.78 is 0. The summed E-state index contributed by atoms with van der Waals surface area (Å²) in [5, 5.41) is 17.5. The number of aliphatic carboxylic acids is 1. The second-order valence-electron chi connectivity index (χ2n) is 4.73. The molecule has 0 spiro atoms. The van der Waals surface area contributed by atoms with Gasteiger partial charge in [-0.3, -0.25) is 4.79 Å². The molecule has 0 saturated carbocycles. The standard InChI is InChI=1S/C15H21N3O2/c1-3-18(8-4-7-16)12-5-6-13(11(2)9-12)14(17)10-15(19)20/h5-6,9,14H,3-4,8,10,17H2,1-2H3,(H,19,20). The van der Waals surface area contributed by atoms with Crippen molar-refractivity contribution in [1.29, 1.82) is 5.26 Å². The molecule has 1 aromatic carbocycles. The summed E-state index contributed by atoms with van der Waals surface area (Å²) in [4.78, 5) is 12.8. The molecule has 0 fully saturated rings. The molecule has 0 heterocycles. The summed E-state index contributed by atoms with van der Waals surface area (Å²) >= 11 is 0. The molecule has 0 aliphatic rings. The van der Waals surface area contributed by atoms with Gasteiger partial charge in [0.1, 0.15) is 0 Å². The summed E-state index contributed by atoms with van der Waals surface area (Å²) in [6.45, 7) is 5.48. The number of hydrogen-bond acceptors (Lipinski definition) is 4. The van der Waals surface area contributed by atoms with Gasteiger partial charge in [0.15, 0.2) is 0 Å². The quantitative estimate of drug-likeness (QED) is 0.796. The highest BCUT2D eigenvalue weighted by Gasteiger charge is 2.14. The van der Waals surface area contributed by atoms with Crippen molar-refractivity contribution in [3.8, 4) is 6.07 Å². The highest BCUT2D eigenvalue weighted by atomic mass is 16.4. The predicted octanol–water partition coefficient (Wildman–Crippen LogP) is 2.21. The van der Waals surface area contributed by atoms with Crippen LogP contribution in [0.15, 0.2) is 18.2 Å². The molecule has 0 aliphatic heterocycles. The lowest BCUT2D eigenvalue weighted by Gasteiger charge is -2.23. The topological polar surface area (TPSA) is 90.4 Å². The molecule has 0 saturated heterocycles. The van der Waals surface area contributed by atoms with E-state index in [1.165, 1.54) is 0 Å². The van der Waals surface area contributed by atoms with Crippen molar-refractivity contribution in [3.05, 3.63) is 29.3 Å². The third-order valence-corrected chi connectivity index (χ3v) is 3.29. The molecular weight excluding hydrogens is 254 g/mol. The van der Waals surface area contributed by atoms with Gasteiger partial charge in [0.05, 0.1) is 18.9 Å². The Morgan fingerprint density at radius 1 is 1.55 bits per heavy atom. The Morgan fingerprint density at radius 3 is 2.75 bits per heavy atom. The molecule has 108 valence electrons. The van der Waals surface area contributed by atoms with Crippen LogP contribution >= 0.6 is 0 Å². The second-order valence-corrected chi connectivity index (χ2v) is 4.73. The zero-order chi connectivity index (χ0) is 15.1. The van der Waals surface area contributed by atoms with Crippen LogP contribution in [0.3, 0.4) is 0 Å². The first kappa shape index (κ1) is 16.0. The second kappa shape index (κ2) is 7.51. The van der Waals surface area contributed by atoms with Crippen LogP contribution in [0, 0.1) is 18.3 Å². The normalized spacial score (nSPS) is 11.7. The third kappa shape index (κ3) is 4.25. The molecule has 20 heavy (non-hydrogen) atoms. The number of carbonyl (C=O) groups is 1. The molecule has 1 rings (SSSR count). The largest absolute Gasteiger partial charge is 0.481 e. The van der Waals surface area contributed by atoms with E-state index in [0.29, 0.717) is 13.0 Å². The van der Waals surface area contributed by atoms with Crippen molar-refractivity contribution < 1.29 is 9.90 Å². The molecule has 1 unspecified atom stereocenters. The number of nitrogens with two attached hydrogens (primary N) is 1. The zero-order valence-corrected chi connectivity index (χ0v) is 12.0. The van der Waals surface area contributed by atoms with Gasteiger partial charge in [-0.25, -0.2) is 0 Å². The highest BCUT2D eigenvalue weighted by molar-refractivity contribution is 5.68. The number of hydrogen-bond donors (Lipinski definition) is 2. The SMILES string of the molecule is CCN(CCC#N)c1ccc(C(N)CC(=O)O)c(C)c1. The number of nitriles is 1. The van der Waals surface area contributed by atoms with Gasteiger partial charge < -0.3 is 15.7 Å². The van der Waals surface area contributed by atoms with Crippen molar-refractivity contribution in [2.24, 2.45) is 5.73 Å². The number of nitrogens with zero attached hydrogens (tertiary/aromatic N) is 2. The Hall–Kier alpha value is -2.06. The van der Waals surface area contributed by atoms with Crippen molar-refractivity contribution in [2.75, 3.05) is 18.0 Å². The van der Waals surface area contributed by atoms with Crippen LogP contribution in [-0.2, 0) is 4.79 Å². The van der Waals surface area contributed by atoms with Crippen LogP contribution in [0.2, 0.25) is 0 Å². The van der Waals surface area contributed by atoms with E-state index in [0.717, 1.165) is 23.4 Å². The summed E-state index contributed by atoms with van der Waals surface area (Å²) in [7, 11) is 0. The van der Waals surface area contributed by atoms with Crippen molar-refractivity contribution in [2.45, 2.75) is 32.7 Å². The van der Waals surface area contributed by atoms with E-state index < -0.39 is 12.0 Å². The van der Waals surface area contributed by atoms with Gasteiger partial charge in [-0.2, -0.15) is 5.26 Å². The third-order valence-electron chi connectivity index (χ3n) is 3.29. The lowest BCUT2D eigenvalue weighted by atomic mass is 9.98. The van der Waals surface area contributed by atoms with Gasteiger partial charge in [-0.1, -0.05) is 6.07 Å². The minimum absolute atomic E-state index is 0.0773. The van der Waals surface area contributed by atoms with Gasteiger partial charge >= 0.3 is 5.97 Å². The monoisotopic (exact) mass is 275 g/mol. The molecule has 0 amide bonds. The van der Waals surface area contributed by atoms with Crippen LogP contribution < -0.4 is 10.6 Å². The zero-order valence-electron chi connectivity index (χ0n) is 12.0. The fourth-order valence-corrected chi connectivity index (χ4v) is 2.23. The lowest BCUT2D eigenvalue weighted by molar-refractivity contribution is -0.137. The van der Waals surface area contributed by atoms with E-state index in [9.17, 15) is 4.79 Å². The maximum absolute atomic E-state index is 10.7. The van der Waals surface area contributed by atoms with Crippen LogP contribution in [0.1, 0.15) is 36.9 Å². The Balaban J connectivity index is 2.91. The van der Waals surface area contributed by atoms with Gasteiger partial charge in [0.2, 0.25) is 0 Å². The maximum Gasteiger partial charge on any atom is 0.305 e. The number of carboxylic acid groups (broad SMARTS) is 1. The molecule has 1 aromatic rings. The van der Waals surface area contributed by atoms with E-state index >= 15 is 0 Å². The first-order chi connectivity index (χ1) is 9.49. The van der Waals surface area contributed by atoms with Crippen LogP contribution in [0.25, 0.3) is 0 Å². The molecule has 0 aromatic heterocycles. The average Bonchev–Trinajstić information content (AvgIpc) is 2.38. The predicted molar refractivity (Wildman–Crippen MR) is 78.5 cm³/mol. The smallest absolute Gasteiger partial charge is 0.305 e. The molecule has 0 aliphatic carbocycles. The van der Waals surface area contributed by atoms with E-state index in [1.54, 1.807) is 0 Å². The Labute approximate surface area is 119 Å². The van der Waals surface area contributed by atoms with Crippen molar-refractivity contribution in [3.63, 3.8) is 0 Å². The summed E-state index contributed by atoms with van der Waals surface area (Å²) in [6.07, 6.45) is 0.402. The Morgan fingerprint density at radius 2 is 2.25 bits per heavy atom. The first-order valence-corrected chi connectivity index (χ1v) is 6.69. The fourth-order valence-electron chi connectivity index (χ4n) is 2.23. The number of rotatable bonds is 7. The van der Waals surface area contributed by atoms with Crippen molar-refractivity contribution >= 4 is 11.7 Å². The number of aryl methyl sites for hydroxylation is 1. The average molecular weight is 275 g/mol. The molecule has 5 heteroatoms. The summed E-state index contributed by atoms with van der Waals surface area (Å²) in [5.74, 6) is -0.898. The Bertz CT molecular complexity index is 508. The number of benzene rings is 1. The van der Waals surface area contributed by atoms with E-state index in [1.807, 2.05) is 32.0 Å². The van der Waals surface area contributed by atoms with Gasteiger partial charge in [-0.05, 0) is 37.1 Å². The van der Waals surface area contributed by atoms with E-state index in [-0.39, 0.29) is 6.42 Å². The fraction of sp³-hybridized carbons (Fsp3) is 0.467. The number of anilines is 1. The Kier molecular flexibility index (Phi) is 6.01. The van der Waals surface area contributed by atoms with Gasteiger partial charge in [-0.15, -0.1) is 0 Å². The molecule has 0 bridgehead atoms. The molecule has 3 N–H and O–H groups in total.